The Labute approximate surface area is 82.5 Å². The van der Waals surface area contributed by atoms with Crippen LogP contribution in [0.25, 0.3) is 0 Å². The summed E-state index contributed by atoms with van der Waals surface area (Å²) >= 11 is 0. The first-order chi connectivity index (χ1) is 5.22. The molecule has 0 aromatic rings. The summed E-state index contributed by atoms with van der Waals surface area (Å²) in [6, 6.07) is 0.454. The summed E-state index contributed by atoms with van der Waals surface area (Å²) in [5.41, 5.74) is 6.09. The van der Waals surface area contributed by atoms with Crippen LogP contribution in [0, 0.1) is 11.8 Å². The molecule has 1 fully saturated rings. The van der Waals surface area contributed by atoms with Crippen LogP contribution < -0.4 is 5.73 Å². The normalized spacial score (nSPS) is 22.0. The van der Waals surface area contributed by atoms with Crippen LogP contribution in [-0.2, 0) is 0 Å². The summed E-state index contributed by atoms with van der Waals surface area (Å²) in [6.07, 6.45) is 7.00. The van der Waals surface area contributed by atoms with Crippen LogP contribution in [0.5, 0.6) is 0 Å². The van der Waals surface area contributed by atoms with E-state index < -0.39 is 0 Å². The topological polar surface area (TPSA) is 26.0 Å². The number of halogens is 1. The highest BCUT2D eigenvalue weighted by molar-refractivity contribution is 5.85. The molecule has 2 N–H and O–H groups in total. The molecule has 0 amide bonds. The minimum absolute atomic E-state index is 0. The van der Waals surface area contributed by atoms with Gasteiger partial charge in [-0.25, -0.2) is 0 Å². The van der Waals surface area contributed by atoms with Crippen molar-refractivity contribution < 1.29 is 0 Å². The lowest BCUT2D eigenvalue weighted by Gasteiger charge is -2.29. The van der Waals surface area contributed by atoms with Gasteiger partial charge in [-0.15, -0.1) is 12.4 Å². The van der Waals surface area contributed by atoms with Crippen molar-refractivity contribution in [2.45, 2.75) is 52.0 Å². The molecule has 1 aliphatic rings. The highest BCUT2D eigenvalue weighted by Gasteiger charge is 2.22. The van der Waals surface area contributed by atoms with Crippen molar-refractivity contribution in [3.8, 4) is 0 Å². The van der Waals surface area contributed by atoms with Crippen LogP contribution in [0.15, 0.2) is 0 Å². The highest BCUT2D eigenvalue weighted by Crippen LogP contribution is 2.28. The first-order valence-corrected chi connectivity index (χ1v) is 4.97. The lowest BCUT2D eigenvalue weighted by Crippen LogP contribution is -2.36. The standard InChI is InChI=1S/C10H21N.ClH/c1-8(2)10(11)9-6-4-3-5-7-9;/h8-10H,3-7,11H2,1-2H3;1H. The Morgan fingerprint density at radius 2 is 1.58 bits per heavy atom. The Balaban J connectivity index is 0.00000121. The number of hydrogen-bond donors (Lipinski definition) is 1. The summed E-state index contributed by atoms with van der Waals surface area (Å²) in [5.74, 6) is 1.49. The first-order valence-electron chi connectivity index (χ1n) is 4.97. The molecule has 0 radical (unpaired) electrons. The van der Waals surface area contributed by atoms with E-state index in [4.69, 9.17) is 5.73 Å². The molecule has 1 atom stereocenters. The van der Waals surface area contributed by atoms with Crippen molar-refractivity contribution >= 4 is 12.4 Å². The van der Waals surface area contributed by atoms with Gasteiger partial charge in [0.25, 0.3) is 0 Å². The predicted molar refractivity (Wildman–Crippen MR) is 56.6 cm³/mol. The summed E-state index contributed by atoms with van der Waals surface area (Å²) in [6.45, 7) is 4.47. The molecule has 1 nitrogen and oxygen atoms in total. The zero-order valence-electron chi connectivity index (χ0n) is 8.25. The van der Waals surface area contributed by atoms with Gasteiger partial charge in [-0.2, -0.15) is 0 Å². The second-order valence-corrected chi connectivity index (χ2v) is 4.22. The maximum absolute atomic E-state index is 6.09. The average molecular weight is 192 g/mol. The highest BCUT2D eigenvalue weighted by atomic mass is 35.5. The van der Waals surface area contributed by atoms with E-state index >= 15 is 0 Å². The van der Waals surface area contributed by atoms with Gasteiger partial charge in [-0.3, -0.25) is 0 Å². The molecule has 0 aromatic carbocycles. The molecular weight excluding hydrogens is 170 g/mol. The van der Waals surface area contributed by atoms with E-state index in [9.17, 15) is 0 Å². The van der Waals surface area contributed by atoms with E-state index in [1.54, 1.807) is 0 Å². The van der Waals surface area contributed by atoms with E-state index in [1.165, 1.54) is 32.1 Å². The molecule has 12 heavy (non-hydrogen) atoms. The predicted octanol–water partition coefficient (Wildman–Crippen LogP) is 2.97. The molecule has 1 saturated carbocycles. The molecule has 2 heteroatoms. The summed E-state index contributed by atoms with van der Waals surface area (Å²) in [4.78, 5) is 0. The largest absolute Gasteiger partial charge is 0.327 e. The fourth-order valence-corrected chi connectivity index (χ4v) is 2.06. The Morgan fingerprint density at radius 1 is 1.08 bits per heavy atom. The van der Waals surface area contributed by atoms with E-state index in [0.29, 0.717) is 12.0 Å². The van der Waals surface area contributed by atoms with Crippen molar-refractivity contribution in [3.63, 3.8) is 0 Å². The van der Waals surface area contributed by atoms with Crippen LogP contribution in [0.4, 0.5) is 0 Å². The fourth-order valence-electron chi connectivity index (χ4n) is 2.06. The third-order valence-corrected chi connectivity index (χ3v) is 2.96. The summed E-state index contributed by atoms with van der Waals surface area (Å²) < 4.78 is 0. The van der Waals surface area contributed by atoms with Gasteiger partial charge in [-0.1, -0.05) is 33.1 Å². The minimum atomic E-state index is 0. The van der Waals surface area contributed by atoms with Crippen molar-refractivity contribution in [2.75, 3.05) is 0 Å². The molecule has 0 bridgehead atoms. The quantitative estimate of drug-likeness (QED) is 0.714. The lowest BCUT2D eigenvalue weighted by molar-refractivity contribution is 0.262. The van der Waals surface area contributed by atoms with Gasteiger partial charge in [0.15, 0.2) is 0 Å². The summed E-state index contributed by atoms with van der Waals surface area (Å²) in [7, 11) is 0. The molecule has 0 heterocycles. The SMILES string of the molecule is CC(C)C(N)C1CCCCC1.Cl. The lowest BCUT2D eigenvalue weighted by atomic mass is 9.80. The van der Waals surface area contributed by atoms with Crippen molar-refractivity contribution in [1.82, 2.24) is 0 Å². The molecule has 0 saturated heterocycles. The average Bonchev–Trinajstić information content (AvgIpc) is 2.05. The monoisotopic (exact) mass is 191 g/mol. The second-order valence-electron chi connectivity index (χ2n) is 4.22. The minimum Gasteiger partial charge on any atom is -0.327 e. The van der Waals surface area contributed by atoms with E-state index in [0.717, 1.165) is 5.92 Å². The van der Waals surface area contributed by atoms with E-state index in [1.807, 2.05) is 0 Å². The van der Waals surface area contributed by atoms with Gasteiger partial charge in [0.1, 0.15) is 0 Å². The molecule has 0 spiro atoms. The van der Waals surface area contributed by atoms with Crippen molar-refractivity contribution in [1.29, 1.82) is 0 Å². The van der Waals surface area contributed by atoms with Gasteiger partial charge in [-0.05, 0) is 24.7 Å². The third kappa shape index (κ3) is 3.32. The zero-order chi connectivity index (χ0) is 8.27. The molecule has 1 unspecified atom stereocenters. The molecule has 0 aliphatic heterocycles. The maximum Gasteiger partial charge on any atom is 0.00903 e. The molecular formula is C10H22ClN. The summed E-state index contributed by atoms with van der Waals surface area (Å²) in [5, 5.41) is 0. The van der Waals surface area contributed by atoms with Crippen LogP contribution in [0.3, 0.4) is 0 Å². The van der Waals surface area contributed by atoms with Crippen LogP contribution in [-0.4, -0.2) is 6.04 Å². The Bertz CT molecular complexity index is 108. The van der Waals surface area contributed by atoms with Gasteiger partial charge >= 0.3 is 0 Å². The Morgan fingerprint density at radius 3 is 2.00 bits per heavy atom. The van der Waals surface area contributed by atoms with Gasteiger partial charge in [0.2, 0.25) is 0 Å². The second kappa shape index (κ2) is 5.82. The smallest absolute Gasteiger partial charge is 0.00903 e. The number of rotatable bonds is 2. The first kappa shape index (κ1) is 12.2. The fraction of sp³-hybridized carbons (Fsp3) is 1.00. The molecule has 1 aliphatic carbocycles. The van der Waals surface area contributed by atoms with Gasteiger partial charge in [0, 0.05) is 6.04 Å². The van der Waals surface area contributed by atoms with Gasteiger partial charge in [0.05, 0.1) is 0 Å². The van der Waals surface area contributed by atoms with E-state index in [2.05, 4.69) is 13.8 Å². The van der Waals surface area contributed by atoms with E-state index in [-0.39, 0.29) is 12.4 Å². The molecule has 74 valence electrons. The van der Waals surface area contributed by atoms with Crippen LogP contribution in [0.1, 0.15) is 46.0 Å². The molecule has 0 aromatic heterocycles. The van der Waals surface area contributed by atoms with Gasteiger partial charge < -0.3 is 5.73 Å². The van der Waals surface area contributed by atoms with Crippen molar-refractivity contribution in [2.24, 2.45) is 17.6 Å². The Hall–Kier alpha value is 0.250. The molecule has 1 rings (SSSR count). The number of nitrogens with two attached hydrogens (primary N) is 1. The maximum atomic E-state index is 6.09. The zero-order valence-corrected chi connectivity index (χ0v) is 9.07. The third-order valence-electron chi connectivity index (χ3n) is 2.96. The van der Waals surface area contributed by atoms with Crippen LogP contribution >= 0.6 is 12.4 Å². The van der Waals surface area contributed by atoms with Crippen LogP contribution in [0.2, 0.25) is 0 Å². The number of hydrogen-bond acceptors (Lipinski definition) is 1. The van der Waals surface area contributed by atoms with Crippen molar-refractivity contribution in [3.05, 3.63) is 0 Å². The Kier molecular flexibility index (Phi) is 5.94.